The molecule has 2 rings (SSSR count). The number of rotatable bonds is 2. The van der Waals surface area contributed by atoms with Crippen LogP contribution in [0, 0.1) is 5.41 Å². The molecule has 5 heteroatoms. The van der Waals surface area contributed by atoms with Gasteiger partial charge in [-0.3, -0.25) is 0 Å². The Morgan fingerprint density at radius 2 is 1.60 bits per heavy atom. The van der Waals surface area contributed by atoms with Crippen LogP contribution >= 0.6 is 11.6 Å². The molecule has 1 saturated heterocycles. The Bertz CT molecular complexity index is 312. The smallest absolute Gasteiger partial charge is 0.211 e. The number of hydrogen-bond acceptors (Lipinski definition) is 2. The van der Waals surface area contributed by atoms with Gasteiger partial charge >= 0.3 is 0 Å². The van der Waals surface area contributed by atoms with E-state index in [0.29, 0.717) is 18.5 Å². The third-order valence-corrected chi connectivity index (χ3v) is 6.23. The third-order valence-electron chi connectivity index (χ3n) is 3.98. The maximum atomic E-state index is 11.6. The van der Waals surface area contributed by atoms with Crippen LogP contribution in [0.3, 0.4) is 0 Å². The lowest BCUT2D eigenvalue weighted by atomic mass is 9.78. The topological polar surface area (TPSA) is 37.4 Å². The summed E-state index contributed by atoms with van der Waals surface area (Å²) in [6.45, 7) is 1.35. The molecule has 15 heavy (non-hydrogen) atoms. The first-order valence-electron chi connectivity index (χ1n) is 5.62. The fraction of sp³-hybridized carbons (Fsp3) is 1.00. The van der Waals surface area contributed by atoms with E-state index in [2.05, 4.69) is 0 Å². The average molecular weight is 252 g/mol. The molecule has 0 radical (unpaired) electrons. The van der Waals surface area contributed by atoms with Crippen molar-refractivity contribution in [3.05, 3.63) is 0 Å². The van der Waals surface area contributed by atoms with Gasteiger partial charge < -0.3 is 0 Å². The van der Waals surface area contributed by atoms with Crippen LogP contribution in [0.5, 0.6) is 0 Å². The molecule has 1 aliphatic heterocycles. The molecule has 1 saturated carbocycles. The SMILES string of the molecule is O=S(=O)(CCl)N1CCC2(CCCC2)CC1. The summed E-state index contributed by atoms with van der Waals surface area (Å²) in [6, 6.07) is 0. The lowest BCUT2D eigenvalue weighted by molar-refractivity contribution is 0.160. The Hall–Kier alpha value is 0.200. The van der Waals surface area contributed by atoms with E-state index in [1.807, 2.05) is 0 Å². The third kappa shape index (κ3) is 2.32. The van der Waals surface area contributed by atoms with Gasteiger partial charge in [0.05, 0.1) is 0 Å². The Labute approximate surface area is 96.8 Å². The van der Waals surface area contributed by atoms with Crippen LogP contribution in [0.25, 0.3) is 0 Å². The molecule has 0 atom stereocenters. The summed E-state index contributed by atoms with van der Waals surface area (Å²) in [5, 5.41) is -0.278. The summed E-state index contributed by atoms with van der Waals surface area (Å²) in [4.78, 5) is 0. The highest BCUT2D eigenvalue weighted by atomic mass is 35.5. The lowest BCUT2D eigenvalue weighted by Gasteiger charge is -2.38. The number of hydrogen-bond donors (Lipinski definition) is 0. The Kier molecular flexibility index (Phi) is 3.29. The van der Waals surface area contributed by atoms with Crippen molar-refractivity contribution in [1.82, 2.24) is 4.31 Å². The van der Waals surface area contributed by atoms with Crippen molar-refractivity contribution in [2.45, 2.75) is 38.5 Å². The predicted molar refractivity (Wildman–Crippen MR) is 61.3 cm³/mol. The van der Waals surface area contributed by atoms with Crippen LogP contribution in [-0.2, 0) is 10.0 Å². The monoisotopic (exact) mass is 251 g/mol. The van der Waals surface area contributed by atoms with Crippen molar-refractivity contribution in [3.8, 4) is 0 Å². The van der Waals surface area contributed by atoms with Crippen LogP contribution in [0.4, 0.5) is 0 Å². The van der Waals surface area contributed by atoms with E-state index >= 15 is 0 Å². The quantitative estimate of drug-likeness (QED) is 0.706. The number of alkyl halides is 1. The van der Waals surface area contributed by atoms with Gasteiger partial charge in [-0.2, -0.15) is 0 Å². The molecular weight excluding hydrogens is 234 g/mol. The van der Waals surface area contributed by atoms with E-state index in [0.717, 1.165) is 12.8 Å². The Balaban J connectivity index is 1.97. The van der Waals surface area contributed by atoms with E-state index in [-0.39, 0.29) is 5.21 Å². The normalized spacial score (nSPS) is 27.3. The standard InChI is InChI=1S/C10H18ClNO2S/c11-9-15(13,14)12-7-5-10(6-8-12)3-1-2-4-10/h1-9H2. The zero-order valence-corrected chi connectivity index (χ0v) is 10.5. The first-order chi connectivity index (χ1) is 7.08. The molecule has 1 aliphatic carbocycles. The largest absolute Gasteiger partial charge is 0.228 e. The van der Waals surface area contributed by atoms with E-state index in [1.54, 1.807) is 4.31 Å². The van der Waals surface area contributed by atoms with Crippen molar-refractivity contribution in [3.63, 3.8) is 0 Å². The van der Waals surface area contributed by atoms with Crippen LogP contribution in [0.15, 0.2) is 0 Å². The first kappa shape index (κ1) is 11.7. The van der Waals surface area contributed by atoms with E-state index in [4.69, 9.17) is 11.6 Å². The van der Waals surface area contributed by atoms with Gasteiger partial charge in [-0.05, 0) is 31.1 Å². The second-order valence-corrected chi connectivity index (χ2v) is 7.38. The second kappa shape index (κ2) is 4.22. The molecule has 1 heterocycles. The number of nitrogens with zero attached hydrogens (tertiary/aromatic N) is 1. The van der Waals surface area contributed by atoms with Crippen molar-refractivity contribution < 1.29 is 8.42 Å². The fourth-order valence-corrected chi connectivity index (χ4v) is 4.22. The van der Waals surface area contributed by atoms with Gasteiger partial charge in [-0.1, -0.05) is 12.8 Å². The zero-order valence-electron chi connectivity index (χ0n) is 8.91. The van der Waals surface area contributed by atoms with Gasteiger partial charge in [0, 0.05) is 13.1 Å². The van der Waals surface area contributed by atoms with Crippen molar-refractivity contribution in [1.29, 1.82) is 0 Å². The van der Waals surface area contributed by atoms with Gasteiger partial charge in [0.2, 0.25) is 10.0 Å². The van der Waals surface area contributed by atoms with Gasteiger partial charge in [-0.25, -0.2) is 12.7 Å². The molecule has 3 nitrogen and oxygen atoms in total. The van der Waals surface area contributed by atoms with E-state index < -0.39 is 10.0 Å². The molecule has 0 bridgehead atoms. The average Bonchev–Trinajstić information content (AvgIpc) is 2.67. The highest BCUT2D eigenvalue weighted by Gasteiger charge is 2.39. The molecule has 0 amide bonds. The van der Waals surface area contributed by atoms with Crippen molar-refractivity contribution >= 4 is 21.6 Å². The zero-order chi connectivity index (χ0) is 10.9. The number of halogens is 1. The summed E-state index contributed by atoms with van der Waals surface area (Å²) in [7, 11) is -3.17. The van der Waals surface area contributed by atoms with E-state index in [9.17, 15) is 8.42 Å². The van der Waals surface area contributed by atoms with Gasteiger partial charge in [0.1, 0.15) is 5.21 Å². The Morgan fingerprint density at radius 3 is 2.07 bits per heavy atom. The molecule has 1 spiro atoms. The minimum Gasteiger partial charge on any atom is -0.211 e. The summed E-state index contributed by atoms with van der Waals surface area (Å²) in [5.41, 5.74) is 0.471. The van der Waals surface area contributed by atoms with Gasteiger partial charge in [0.25, 0.3) is 0 Å². The van der Waals surface area contributed by atoms with Crippen LogP contribution < -0.4 is 0 Å². The molecule has 0 aromatic heterocycles. The minimum absolute atomic E-state index is 0.278. The molecule has 0 aromatic carbocycles. The first-order valence-corrected chi connectivity index (χ1v) is 7.76. The van der Waals surface area contributed by atoms with Crippen LogP contribution in [-0.4, -0.2) is 31.0 Å². The molecule has 2 aliphatic rings. The maximum Gasteiger partial charge on any atom is 0.228 e. The molecule has 0 unspecified atom stereocenters. The van der Waals surface area contributed by atoms with Crippen molar-refractivity contribution in [2.75, 3.05) is 18.3 Å². The van der Waals surface area contributed by atoms with Crippen LogP contribution in [0.1, 0.15) is 38.5 Å². The predicted octanol–water partition coefficient (Wildman–Crippen LogP) is 2.17. The van der Waals surface area contributed by atoms with Crippen LogP contribution in [0.2, 0.25) is 0 Å². The molecular formula is C10H18ClNO2S. The van der Waals surface area contributed by atoms with Gasteiger partial charge in [0.15, 0.2) is 0 Å². The maximum absolute atomic E-state index is 11.6. The fourth-order valence-electron chi connectivity index (χ4n) is 2.93. The number of piperidine rings is 1. The highest BCUT2D eigenvalue weighted by molar-refractivity contribution is 7.90. The summed E-state index contributed by atoms with van der Waals surface area (Å²) < 4.78 is 24.7. The van der Waals surface area contributed by atoms with Crippen molar-refractivity contribution in [2.24, 2.45) is 5.41 Å². The highest BCUT2D eigenvalue weighted by Crippen LogP contribution is 2.46. The summed E-state index contributed by atoms with van der Waals surface area (Å²) in [5.74, 6) is 0. The number of sulfonamides is 1. The second-order valence-electron chi connectivity index (χ2n) is 4.83. The summed E-state index contributed by atoms with van der Waals surface area (Å²) in [6.07, 6.45) is 7.29. The lowest BCUT2D eigenvalue weighted by Crippen LogP contribution is -2.42. The molecule has 0 N–H and O–H groups in total. The van der Waals surface area contributed by atoms with Gasteiger partial charge in [-0.15, -0.1) is 11.6 Å². The molecule has 2 fully saturated rings. The summed E-state index contributed by atoms with van der Waals surface area (Å²) >= 11 is 5.45. The Morgan fingerprint density at radius 1 is 1.07 bits per heavy atom. The minimum atomic E-state index is -3.17. The molecule has 88 valence electrons. The van der Waals surface area contributed by atoms with E-state index in [1.165, 1.54) is 25.7 Å². The molecule has 0 aromatic rings.